The van der Waals surface area contributed by atoms with Crippen LogP contribution in [0.1, 0.15) is 40.0 Å². The third-order valence-corrected chi connectivity index (χ3v) is 6.22. The number of nitriles is 1. The minimum Gasteiger partial charge on any atom is -0.366 e. The molecule has 32 heavy (non-hydrogen) atoms. The van der Waals surface area contributed by atoms with E-state index in [1.54, 1.807) is 12.4 Å². The fourth-order valence-electron chi connectivity index (χ4n) is 4.65. The molecule has 2 fully saturated rings. The molecule has 1 saturated heterocycles. The van der Waals surface area contributed by atoms with Crippen molar-refractivity contribution in [3.8, 4) is 6.07 Å². The zero-order valence-corrected chi connectivity index (χ0v) is 19.4. The number of fused-ring (bicyclic) bond motifs is 1. The number of carbonyl (C=O) groups excluding carboxylic acids is 1. The van der Waals surface area contributed by atoms with E-state index in [9.17, 15) is 4.79 Å². The highest BCUT2D eigenvalue weighted by molar-refractivity contribution is 6.32. The first-order valence-corrected chi connectivity index (χ1v) is 11.3. The van der Waals surface area contributed by atoms with Gasteiger partial charge < -0.3 is 15.5 Å². The molecule has 2 atom stereocenters. The van der Waals surface area contributed by atoms with Crippen molar-refractivity contribution in [1.82, 2.24) is 24.6 Å². The van der Waals surface area contributed by atoms with E-state index in [1.165, 1.54) is 0 Å². The summed E-state index contributed by atoms with van der Waals surface area (Å²) < 4.78 is 1.90. The van der Waals surface area contributed by atoms with Crippen LogP contribution in [0.4, 0.5) is 17.5 Å². The van der Waals surface area contributed by atoms with Crippen LogP contribution in [0.3, 0.4) is 0 Å². The Balaban J connectivity index is 1.35. The predicted octanol–water partition coefficient (Wildman–Crippen LogP) is 3.68. The Kier molecular flexibility index (Phi) is 6.24. The van der Waals surface area contributed by atoms with Gasteiger partial charge in [0.25, 0.3) is 0 Å². The fourth-order valence-corrected chi connectivity index (χ4v) is 4.80. The second-order valence-electron chi connectivity index (χ2n) is 9.97. The molecule has 0 bridgehead atoms. The van der Waals surface area contributed by atoms with Gasteiger partial charge in [-0.3, -0.25) is 9.48 Å². The summed E-state index contributed by atoms with van der Waals surface area (Å²) in [6.07, 6.45) is 7.15. The summed E-state index contributed by atoms with van der Waals surface area (Å²) in [5.74, 6) is 1.89. The number of carbonyl (C=O) groups is 1. The average molecular weight is 457 g/mol. The first-order chi connectivity index (χ1) is 15.2. The SMILES string of the molecule is CC(C)(C)Cn1cc(Nc2ncc(Cl)c(NC3CC4CN(C(=O)CC#N)CC4C3)n2)cn1. The lowest BCUT2D eigenvalue weighted by Gasteiger charge is -2.20. The molecule has 1 saturated carbocycles. The van der Waals surface area contributed by atoms with Crippen LogP contribution >= 0.6 is 11.6 Å². The number of halogens is 1. The van der Waals surface area contributed by atoms with Crippen molar-refractivity contribution >= 4 is 35.0 Å². The van der Waals surface area contributed by atoms with Gasteiger partial charge in [0.05, 0.1) is 24.2 Å². The standard InChI is InChI=1S/C22H29ClN8O/c1-22(2,3)13-31-12-17(8-26-31)28-21-25-9-18(23)20(29-21)27-16-6-14-10-30(11-15(14)7-16)19(32)4-5-24/h8-9,12,14-16H,4,6-7,10-11,13H2,1-3H3,(H2,25,27,28,29). The Bertz CT molecular complexity index is 1010. The summed E-state index contributed by atoms with van der Waals surface area (Å²) >= 11 is 6.36. The van der Waals surface area contributed by atoms with Crippen molar-refractivity contribution in [1.29, 1.82) is 5.26 Å². The van der Waals surface area contributed by atoms with E-state index < -0.39 is 0 Å². The maximum Gasteiger partial charge on any atom is 0.236 e. The van der Waals surface area contributed by atoms with E-state index >= 15 is 0 Å². The van der Waals surface area contributed by atoms with E-state index in [1.807, 2.05) is 21.8 Å². The third-order valence-electron chi connectivity index (χ3n) is 5.94. The van der Waals surface area contributed by atoms with Gasteiger partial charge in [-0.25, -0.2) is 4.98 Å². The lowest BCUT2D eigenvalue weighted by atomic mass is 9.97. The second kappa shape index (κ2) is 8.94. The fraction of sp³-hybridized carbons (Fsp3) is 0.591. The van der Waals surface area contributed by atoms with Crippen LogP contribution in [0.25, 0.3) is 0 Å². The number of aromatic nitrogens is 4. The molecule has 2 aromatic heterocycles. The van der Waals surface area contributed by atoms with Crippen LogP contribution < -0.4 is 10.6 Å². The van der Waals surface area contributed by atoms with E-state index in [4.69, 9.17) is 16.9 Å². The summed E-state index contributed by atoms with van der Waals surface area (Å²) in [5.41, 5.74) is 0.955. The topological polar surface area (TPSA) is 112 Å². The molecule has 1 aliphatic heterocycles. The van der Waals surface area contributed by atoms with Crippen molar-refractivity contribution in [2.24, 2.45) is 17.3 Å². The summed E-state index contributed by atoms with van der Waals surface area (Å²) in [6.45, 7) is 8.77. The first-order valence-electron chi connectivity index (χ1n) is 10.9. The van der Waals surface area contributed by atoms with Gasteiger partial charge in [-0.05, 0) is 30.1 Å². The van der Waals surface area contributed by atoms with E-state index in [0.29, 0.717) is 28.6 Å². The van der Waals surface area contributed by atoms with E-state index in [-0.39, 0.29) is 23.8 Å². The zero-order valence-electron chi connectivity index (χ0n) is 18.7. The largest absolute Gasteiger partial charge is 0.366 e. The Morgan fingerprint density at radius 3 is 2.66 bits per heavy atom. The monoisotopic (exact) mass is 456 g/mol. The highest BCUT2D eigenvalue weighted by atomic mass is 35.5. The van der Waals surface area contributed by atoms with Crippen molar-refractivity contribution < 1.29 is 4.79 Å². The maximum atomic E-state index is 12.0. The first kappa shape index (κ1) is 22.3. The van der Waals surface area contributed by atoms with E-state index in [0.717, 1.165) is 38.2 Å². The van der Waals surface area contributed by atoms with Crippen LogP contribution in [0.5, 0.6) is 0 Å². The molecule has 4 rings (SSSR count). The Labute approximate surface area is 193 Å². The quantitative estimate of drug-likeness (QED) is 0.681. The van der Waals surface area contributed by atoms with Crippen molar-refractivity contribution in [2.45, 2.75) is 52.6 Å². The summed E-state index contributed by atoms with van der Waals surface area (Å²) in [5, 5.41) is 20.3. The Morgan fingerprint density at radius 1 is 1.28 bits per heavy atom. The number of amides is 1. The minimum absolute atomic E-state index is 0.0391. The number of nitrogens with zero attached hydrogens (tertiary/aromatic N) is 6. The molecule has 3 heterocycles. The molecule has 9 nitrogen and oxygen atoms in total. The van der Waals surface area contributed by atoms with Crippen molar-refractivity contribution in [3.05, 3.63) is 23.6 Å². The van der Waals surface area contributed by atoms with Gasteiger partial charge in [-0.2, -0.15) is 15.3 Å². The highest BCUT2D eigenvalue weighted by Gasteiger charge is 2.42. The normalized spacial score (nSPS) is 22.5. The minimum atomic E-state index is -0.0632. The number of anilines is 3. The molecule has 2 N–H and O–H groups in total. The van der Waals surface area contributed by atoms with Gasteiger partial charge in [0.2, 0.25) is 11.9 Å². The lowest BCUT2D eigenvalue weighted by molar-refractivity contribution is -0.129. The summed E-state index contributed by atoms with van der Waals surface area (Å²) in [6, 6.07) is 2.19. The zero-order chi connectivity index (χ0) is 22.9. The average Bonchev–Trinajstić information content (AvgIpc) is 3.38. The maximum absolute atomic E-state index is 12.0. The van der Waals surface area contributed by atoms with Crippen LogP contribution in [0.15, 0.2) is 18.6 Å². The molecule has 2 aliphatic rings. The van der Waals surface area contributed by atoms with Gasteiger partial charge in [-0.1, -0.05) is 32.4 Å². The molecule has 2 aromatic rings. The summed E-state index contributed by atoms with van der Waals surface area (Å²) in [7, 11) is 0. The van der Waals surface area contributed by atoms with Crippen molar-refractivity contribution in [3.63, 3.8) is 0 Å². The number of rotatable bonds is 6. The second-order valence-corrected chi connectivity index (χ2v) is 10.4. The molecule has 0 spiro atoms. The van der Waals surface area contributed by atoms with Gasteiger partial charge in [0, 0.05) is 31.9 Å². The van der Waals surface area contributed by atoms with Crippen molar-refractivity contribution in [2.75, 3.05) is 23.7 Å². The smallest absolute Gasteiger partial charge is 0.236 e. The number of nitrogens with one attached hydrogen (secondary N) is 2. The molecule has 10 heteroatoms. The van der Waals surface area contributed by atoms with Gasteiger partial charge >= 0.3 is 0 Å². The van der Waals surface area contributed by atoms with Crippen LogP contribution in [-0.2, 0) is 11.3 Å². The number of hydrogen-bond donors (Lipinski definition) is 2. The molecule has 2 unspecified atom stereocenters. The van der Waals surface area contributed by atoms with Gasteiger partial charge in [0.1, 0.15) is 11.4 Å². The summed E-state index contributed by atoms with van der Waals surface area (Å²) in [4.78, 5) is 22.7. The molecule has 1 aliphatic carbocycles. The number of hydrogen-bond acceptors (Lipinski definition) is 7. The third kappa shape index (κ3) is 5.30. The molecular weight excluding hydrogens is 428 g/mol. The molecule has 0 aromatic carbocycles. The molecular formula is C22H29ClN8O. The van der Waals surface area contributed by atoms with Crippen LogP contribution in [0, 0.1) is 28.6 Å². The van der Waals surface area contributed by atoms with E-state index in [2.05, 4.69) is 46.5 Å². The molecule has 0 radical (unpaired) electrons. The molecule has 1 amide bonds. The molecule has 170 valence electrons. The van der Waals surface area contributed by atoms with Gasteiger partial charge in [0.15, 0.2) is 5.82 Å². The highest BCUT2D eigenvalue weighted by Crippen LogP contribution is 2.40. The lowest BCUT2D eigenvalue weighted by Crippen LogP contribution is -2.30. The Hall–Kier alpha value is -2.86. The van der Waals surface area contributed by atoms with Crippen LogP contribution in [-0.4, -0.2) is 49.7 Å². The number of likely N-dealkylation sites (tertiary alicyclic amines) is 1. The predicted molar refractivity (Wildman–Crippen MR) is 122 cm³/mol. The Morgan fingerprint density at radius 2 is 2.00 bits per heavy atom. The van der Waals surface area contributed by atoms with Gasteiger partial charge in [-0.15, -0.1) is 0 Å². The van der Waals surface area contributed by atoms with Crippen LogP contribution in [0.2, 0.25) is 5.02 Å².